The second-order valence-corrected chi connectivity index (χ2v) is 6.41. The van der Waals surface area contributed by atoms with Crippen LogP contribution in [-0.4, -0.2) is 47.4 Å². The fourth-order valence-corrected chi connectivity index (χ4v) is 3.69. The van der Waals surface area contributed by atoms with Crippen LogP contribution in [0.4, 0.5) is 8.78 Å². The van der Waals surface area contributed by atoms with E-state index in [-0.39, 0.29) is 43.1 Å². The zero-order chi connectivity index (χ0) is 14.2. The summed E-state index contributed by atoms with van der Waals surface area (Å²) in [6.07, 6.45) is 3.29. The molecule has 1 aromatic rings. The number of rotatable bonds is 2. The van der Waals surface area contributed by atoms with Gasteiger partial charge in [0.15, 0.2) is 0 Å². The minimum atomic E-state index is -2.76. The molecule has 9 heteroatoms. The van der Waals surface area contributed by atoms with Crippen LogP contribution in [0.1, 0.15) is 30.2 Å². The molecule has 3 heterocycles. The molecule has 4 nitrogen and oxygen atoms in total. The summed E-state index contributed by atoms with van der Waals surface area (Å²) in [6, 6.07) is -0.736. The first-order valence-electron chi connectivity index (χ1n) is 6.84. The maximum Gasteiger partial charge on any atom is 0.262 e. The Balaban J connectivity index is 0.00000121. The lowest BCUT2D eigenvalue weighted by atomic mass is 9.98. The van der Waals surface area contributed by atoms with Gasteiger partial charge in [-0.25, -0.2) is 13.8 Å². The van der Waals surface area contributed by atoms with Gasteiger partial charge in [0.25, 0.3) is 5.92 Å². The average Bonchev–Trinajstić information content (AvgIpc) is 3.07. The van der Waals surface area contributed by atoms with Gasteiger partial charge >= 0.3 is 0 Å². The molecule has 0 aliphatic carbocycles. The minimum absolute atomic E-state index is 0. The number of carbonyl (C=O) groups is 1. The van der Waals surface area contributed by atoms with Gasteiger partial charge in [-0.1, -0.05) is 0 Å². The van der Waals surface area contributed by atoms with Crippen molar-refractivity contribution in [1.29, 1.82) is 0 Å². The smallest absolute Gasteiger partial charge is 0.262 e. The van der Waals surface area contributed by atoms with Crippen LogP contribution in [0.3, 0.4) is 0 Å². The molecule has 0 aromatic carbocycles. The van der Waals surface area contributed by atoms with Gasteiger partial charge in [0, 0.05) is 37.0 Å². The highest BCUT2D eigenvalue weighted by Crippen LogP contribution is 2.30. The van der Waals surface area contributed by atoms with Crippen molar-refractivity contribution in [1.82, 2.24) is 15.2 Å². The van der Waals surface area contributed by atoms with Crippen LogP contribution in [0, 0.1) is 0 Å². The molecule has 126 valence electrons. The number of thiazole rings is 1. The third-order valence-electron chi connectivity index (χ3n) is 3.94. The predicted octanol–water partition coefficient (Wildman–Crippen LogP) is 2.69. The van der Waals surface area contributed by atoms with Crippen LogP contribution >= 0.6 is 36.2 Å². The van der Waals surface area contributed by atoms with Crippen LogP contribution < -0.4 is 5.32 Å². The Bertz CT molecular complexity index is 490. The molecule has 2 aliphatic heterocycles. The first-order chi connectivity index (χ1) is 9.55. The Labute approximate surface area is 144 Å². The molecule has 0 radical (unpaired) electrons. The molecular formula is C13H19Cl2F2N3OS. The second-order valence-electron chi connectivity index (χ2n) is 5.49. The number of carbonyl (C=O) groups excluding carboxylic acids is 1. The molecule has 1 aromatic heterocycles. The van der Waals surface area contributed by atoms with Crippen molar-refractivity contribution >= 4 is 42.1 Å². The molecule has 0 spiro atoms. The van der Waals surface area contributed by atoms with E-state index in [0.29, 0.717) is 13.1 Å². The third kappa shape index (κ3) is 4.28. The molecule has 2 aliphatic rings. The normalized spacial score (nSPS) is 26.9. The molecule has 2 atom stereocenters. The van der Waals surface area contributed by atoms with Crippen molar-refractivity contribution in [3.05, 3.63) is 16.6 Å². The standard InChI is InChI=1S/C13H17F2N3OS.2ClH/c14-13(15)6-10(17-8-13)12(19)18-4-1-2-9(7-18)11-16-3-5-20-11;;/h3,5,9-10,17H,1-2,4,6-8H2;2*1H. The average molecular weight is 374 g/mol. The Hall–Kier alpha value is -0.500. The number of hydrogen-bond acceptors (Lipinski definition) is 4. The number of aromatic nitrogens is 1. The first kappa shape index (κ1) is 19.5. The number of nitrogens with one attached hydrogen (secondary N) is 1. The van der Waals surface area contributed by atoms with Crippen LogP contribution in [0.5, 0.6) is 0 Å². The van der Waals surface area contributed by atoms with Gasteiger partial charge in [0.2, 0.25) is 5.91 Å². The van der Waals surface area contributed by atoms with Gasteiger partial charge in [-0.15, -0.1) is 36.2 Å². The largest absolute Gasteiger partial charge is 0.341 e. The van der Waals surface area contributed by atoms with Crippen LogP contribution in [0.15, 0.2) is 11.6 Å². The maximum atomic E-state index is 13.2. The maximum absolute atomic E-state index is 13.2. The molecule has 1 amide bonds. The van der Waals surface area contributed by atoms with Crippen molar-refractivity contribution < 1.29 is 13.6 Å². The number of nitrogens with zero attached hydrogens (tertiary/aromatic N) is 2. The molecule has 2 saturated heterocycles. The van der Waals surface area contributed by atoms with E-state index < -0.39 is 18.5 Å². The number of piperidine rings is 1. The van der Waals surface area contributed by atoms with E-state index in [1.807, 2.05) is 5.38 Å². The second kappa shape index (κ2) is 7.86. The molecule has 22 heavy (non-hydrogen) atoms. The van der Waals surface area contributed by atoms with E-state index in [1.54, 1.807) is 22.4 Å². The van der Waals surface area contributed by atoms with Crippen LogP contribution in [-0.2, 0) is 4.79 Å². The van der Waals surface area contributed by atoms with Crippen molar-refractivity contribution in [2.75, 3.05) is 19.6 Å². The zero-order valence-electron chi connectivity index (χ0n) is 11.8. The van der Waals surface area contributed by atoms with Crippen molar-refractivity contribution in [2.24, 2.45) is 0 Å². The Morgan fingerprint density at radius 3 is 2.82 bits per heavy atom. The lowest BCUT2D eigenvalue weighted by Gasteiger charge is -2.33. The van der Waals surface area contributed by atoms with E-state index >= 15 is 0 Å². The van der Waals surface area contributed by atoms with Gasteiger partial charge in [-0.3, -0.25) is 10.1 Å². The Morgan fingerprint density at radius 2 is 2.23 bits per heavy atom. The van der Waals surface area contributed by atoms with E-state index in [9.17, 15) is 13.6 Å². The first-order valence-corrected chi connectivity index (χ1v) is 7.72. The van der Waals surface area contributed by atoms with Gasteiger partial charge < -0.3 is 4.90 Å². The SMILES string of the molecule is Cl.Cl.O=C(C1CC(F)(F)CN1)N1CCCC(c2nccs2)C1. The fraction of sp³-hybridized carbons (Fsp3) is 0.692. The summed E-state index contributed by atoms with van der Waals surface area (Å²) in [5.74, 6) is -2.71. The zero-order valence-corrected chi connectivity index (χ0v) is 14.3. The lowest BCUT2D eigenvalue weighted by Crippen LogP contribution is -2.47. The molecule has 0 saturated carbocycles. The lowest BCUT2D eigenvalue weighted by molar-refractivity contribution is -0.134. The van der Waals surface area contributed by atoms with Gasteiger partial charge in [-0.2, -0.15) is 0 Å². The highest BCUT2D eigenvalue weighted by atomic mass is 35.5. The van der Waals surface area contributed by atoms with Crippen molar-refractivity contribution in [2.45, 2.75) is 37.1 Å². The molecule has 2 unspecified atom stereocenters. The third-order valence-corrected chi connectivity index (χ3v) is 4.88. The summed E-state index contributed by atoms with van der Waals surface area (Å²) in [7, 11) is 0. The molecule has 0 bridgehead atoms. The number of hydrogen-bond donors (Lipinski definition) is 1. The fourth-order valence-electron chi connectivity index (χ4n) is 2.93. The van der Waals surface area contributed by atoms with Gasteiger partial charge in [0.1, 0.15) is 0 Å². The predicted molar refractivity (Wildman–Crippen MR) is 86.5 cm³/mol. The van der Waals surface area contributed by atoms with Crippen molar-refractivity contribution in [3.63, 3.8) is 0 Å². The highest BCUT2D eigenvalue weighted by molar-refractivity contribution is 7.09. The van der Waals surface area contributed by atoms with E-state index in [0.717, 1.165) is 17.8 Å². The van der Waals surface area contributed by atoms with Gasteiger partial charge in [0.05, 0.1) is 17.6 Å². The number of likely N-dealkylation sites (tertiary alicyclic amines) is 1. The molecule has 1 N–H and O–H groups in total. The topological polar surface area (TPSA) is 45.2 Å². The van der Waals surface area contributed by atoms with Gasteiger partial charge in [-0.05, 0) is 12.8 Å². The van der Waals surface area contributed by atoms with E-state index in [4.69, 9.17) is 0 Å². The van der Waals surface area contributed by atoms with Crippen molar-refractivity contribution in [3.8, 4) is 0 Å². The molecular weight excluding hydrogens is 355 g/mol. The van der Waals surface area contributed by atoms with Crippen LogP contribution in [0.25, 0.3) is 0 Å². The molecule has 2 fully saturated rings. The summed E-state index contributed by atoms with van der Waals surface area (Å²) in [5, 5.41) is 5.60. The number of halogens is 4. The molecule has 3 rings (SSSR count). The van der Waals surface area contributed by atoms with Crippen LogP contribution in [0.2, 0.25) is 0 Å². The van der Waals surface area contributed by atoms with E-state index in [1.165, 1.54) is 0 Å². The highest BCUT2D eigenvalue weighted by Gasteiger charge is 2.44. The number of alkyl halides is 2. The quantitative estimate of drug-likeness (QED) is 0.866. The number of amides is 1. The summed E-state index contributed by atoms with van der Waals surface area (Å²) < 4.78 is 26.4. The summed E-state index contributed by atoms with van der Waals surface area (Å²) in [6.45, 7) is 0.855. The minimum Gasteiger partial charge on any atom is -0.341 e. The Morgan fingerprint density at radius 1 is 1.45 bits per heavy atom. The van der Waals surface area contributed by atoms with E-state index in [2.05, 4.69) is 10.3 Å². The summed E-state index contributed by atoms with van der Waals surface area (Å²) >= 11 is 1.59. The summed E-state index contributed by atoms with van der Waals surface area (Å²) in [4.78, 5) is 18.3. The summed E-state index contributed by atoms with van der Waals surface area (Å²) in [5.41, 5.74) is 0. The Kier molecular flexibility index (Phi) is 6.98. The monoisotopic (exact) mass is 373 g/mol.